The van der Waals surface area contributed by atoms with Crippen LogP contribution in [0.4, 0.5) is 0 Å². The normalized spacial score (nSPS) is 32.5. The standard InChI is InChI=1S/C10H15NO3/c1-7(10(12)13)2-3-11-5-9-4-8(11)6-14-9/h2,8-9H,3-6H2,1H3,(H,12,13)/b7-2+. The van der Waals surface area contributed by atoms with Crippen LogP contribution in [-0.2, 0) is 9.53 Å². The van der Waals surface area contributed by atoms with Crippen LogP contribution in [0.2, 0.25) is 0 Å². The molecule has 0 aliphatic carbocycles. The molecule has 2 heterocycles. The number of carboxylic acid groups (broad SMARTS) is 1. The number of fused-ring (bicyclic) bond motifs is 2. The third kappa shape index (κ3) is 1.81. The lowest BCUT2D eigenvalue weighted by Gasteiger charge is -2.25. The van der Waals surface area contributed by atoms with Crippen LogP contribution in [0.1, 0.15) is 13.3 Å². The van der Waals surface area contributed by atoms with Crippen molar-refractivity contribution in [1.82, 2.24) is 4.90 Å². The second kappa shape index (κ2) is 3.71. The molecule has 0 aromatic carbocycles. The summed E-state index contributed by atoms with van der Waals surface area (Å²) in [4.78, 5) is 12.8. The Bertz CT molecular complexity index is 275. The van der Waals surface area contributed by atoms with Gasteiger partial charge < -0.3 is 9.84 Å². The van der Waals surface area contributed by atoms with Gasteiger partial charge in [-0.3, -0.25) is 4.90 Å². The highest BCUT2D eigenvalue weighted by Gasteiger charge is 2.38. The zero-order valence-corrected chi connectivity index (χ0v) is 8.27. The predicted molar refractivity (Wildman–Crippen MR) is 51.1 cm³/mol. The van der Waals surface area contributed by atoms with Gasteiger partial charge in [0.25, 0.3) is 0 Å². The Hall–Kier alpha value is -0.870. The number of likely N-dealkylation sites (tertiary alicyclic amines) is 1. The second-order valence-electron chi connectivity index (χ2n) is 3.99. The minimum Gasteiger partial charge on any atom is -0.478 e. The van der Waals surface area contributed by atoms with E-state index in [0.29, 0.717) is 17.7 Å². The number of carbonyl (C=O) groups is 1. The van der Waals surface area contributed by atoms with Crippen LogP contribution in [0.25, 0.3) is 0 Å². The molecule has 1 N–H and O–H groups in total. The number of carboxylic acids is 1. The predicted octanol–water partition coefficient (Wildman–Crippen LogP) is 0.490. The van der Waals surface area contributed by atoms with E-state index in [1.54, 1.807) is 13.0 Å². The Morgan fingerprint density at radius 3 is 3.00 bits per heavy atom. The van der Waals surface area contributed by atoms with Gasteiger partial charge in [-0.15, -0.1) is 0 Å². The van der Waals surface area contributed by atoms with Gasteiger partial charge in [0, 0.05) is 24.7 Å². The molecule has 2 saturated heterocycles. The number of ether oxygens (including phenoxy) is 1. The summed E-state index contributed by atoms with van der Waals surface area (Å²) < 4.78 is 5.46. The Morgan fingerprint density at radius 2 is 2.50 bits per heavy atom. The number of rotatable bonds is 3. The summed E-state index contributed by atoms with van der Waals surface area (Å²) in [6.07, 6.45) is 3.28. The first kappa shape index (κ1) is 9.68. The summed E-state index contributed by atoms with van der Waals surface area (Å²) in [5, 5.41) is 8.68. The summed E-state index contributed by atoms with van der Waals surface area (Å²) in [5.41, 5.74) is 0.425. The van der Waals surface area contributed by atoms with E-state index in [-0.39, 0.29) is 0 Å². The molecule has 14 heavy (non-hydrogen) atoms. The molecular weight excluding hydrogens is 182 g/mol. The SMILES string of the molecule is C/C(=C\CN1CC2CC1CO2)C(=O)O. The first-order chi connectivity index (χ1) is 6.66. The number of hydrogen-bond acceptors (Lipinski definition) is 3. The molecule has 2 atom stereocenters. The molecule has 0 amide bonds. The summed E-state index contributed by atoms with van der Waals surface area (Å²) in [5.74, 6) is -0.828. The number of hydrogen-bond donors (Lipinski definition) is 1. The smallest absolute Gasteiger partial charge is 0.330 e. The minimum atomic E-state index is -0.828. The van der Waals surface area contributed by atoms with Crippen LogP contribution >= 0.6 is 0 Å². The van der Waals surface area contributed by atoms with E-state index in [1.165, 1.54) is 0 Å². The average Bonchev–Trinajstić information content (AvgIpc) is 2.74. The third-order valence-corrected chi connectivity index (χ3v) is 2.98. The quantitative estimate of drug-likeness (QED) is 0.669. The largest absolute Gasteiger partial charge is 0.478 e. The molecule has 2 fully saturated rings. The van der Waals surface area contributed by atoms with Crippen molar-refractivity contribution < 1.29 is 14.6 Å². The van der Waals surface area contributed by atoms with Crippen molar-refractivity contribution in [1.29, 1.82) is 0 Å². The molecule has 78 valence electrons. The lowest BCUT2D eigenvalue weighted by molar-refractivity contribution is -0.132. The lowest BCUT2D eigenvalue weighted by Crippen LogP contribution is -2.37. The summed E-state index contributed by atoms with van der Waals surface area (Å²) >= 11 is 0. The van der Waals surface area contributed by atoms with E-state index in [9.17, 15) is 4.79 Å². The van der Waals surface area contributed by atoms with Crippen molar-refractivity contribution in [2.24, 2.45) is 0 Å². The van der Waals surface area contributed by atoms with Crippen molar-refractivity contribution in [3.8, 4) is 0 Å². The molecule has 4 nitrogen and oxygen atoms in total. The third-order valence-electron chi connectivity index (χ3n) is 2.98. The first-order valence-corrected chi connectivity index (χ1v) is 4.92. The average molecular weight is 197 g/mol. The van der Waals surface area contributed by atoms with Crippen LogP contribution in [-0.4, -0.2) is 47.8 Å². The fourth-order valence-corrected chi connectivity index (χ4v) is 2.04. The molecule has 2 bridgehead atoms. The van der Waals surface area contributed by atoms with Gasteiger partial charge in [-0.1, -0.05) is 6.08 Å². The van der Waals surface area contributed by atoms with E-state index < -0.39 is 5.97 Å². The van der Waals surface area contributed by atoms with Gasteiger partial charge >= 0.3 is 5.97 Å². The maximum atomic E-state index is 10.6. The van der Waals surface area contributed by atoms with Crippen LogP contribution < -0.4 is 0 Å². The minimum absolute atomic E-state index is 0.388. The Kier molecular flexibility index (Phi) is 2.56. The van der Waals surface area contributed by atoms with Gasteiger partial charge in [0.15, 0.2) is 0 Å². The highest BCUT2D eigenvalue weighted by molar-refractivity contribution is 5.85. The van der Waals surface area contributed by atoms with Gasteiger partial charge in [-0.05, 0) is 13.3 Å². The van der Waals surface area contributed by atoms with Crippen molar-refractivity contribution in [3.63, 3.8) is 0 Å². The molecule has 2 rings (SSSR count). The molecule has 0 aromatic heterocycles. The van der Waals surface area contributed by atoms with E-state index >= 15 is 0 Å². The number of aliphatic carboxylic acids is 1. The number of nitrogens with zero attached hydrogens (tertiary/aromatic N) is 1. The molecule has 0 radical (unpaired) electrons. The fourth-order valence-electron chi connectivity index (χ4n) is 2.04. The Balaban J connectivity index is 1.87. The summed E-state index contributed by atoms with van der Waals surface area (Å²) in [7, 11) is 0. The van der Waals surface area contributed by atoms with E-state index in [4.69, 9.17) is 9.84 Å². The van der Waals surface area contributed by atoms with Crippen LogP contribution in [0.3, 0.4) is 0 Å². The van der Waals surface area contributed by atoms with Gasteiger partial charge in [0.1, 0.15) is 0 Å². The highest BCUT2D eigenvalue weighted by Crippen LogP contribution is 2.27. The van der Waals surface area contributed by atoms with E-state index in [0.717, 1.165) is 26.1 Å². The van der Waals surface area contributed by atoms with Gasteiger partial charge in [0.2, 0.25) is 0 Å². The van der Waals surface area contributed by atoms with Crippen molar-refractivity contribution in [2.45, 2.75) is 25.5 Å². The van der Waals surface area contributed by atoms with Crippen molar-refractivity contribution >= 4 is 5.97 Å². The molecule has 2 aliphatic rings. The zero-order chi connectivity index (χ0) is 10.1. The van der Waals surface area contributed by atoms with Gasteiger partial charge in [0.05, 0.1) is 12.7 Å². The topological polar surface area (TPSA) is 49.8 Å². The van der Waals surface area contributed by atoms with Crippen molar-refractivity contribution in [3.05, 3.63) is 11.6 Å². The van der Waals surface area contributed by atoms with Gasteiger partial charge in [-0.2, -0.15) is 0 Å². The van der Waals surface area contributed by atoms with Gasteiger partial charge in [-0.25, -0.2) is 4.79 Å². The Morgan fingerprint density at radius 1 is 1.71 bits per heavy atom. The van der Waals surface area contributed by atoms with Crippen LogP contribution in [0.15, 0.2) is 11.6 Å². The molecule has 4 heteroatoms. The maximum Gasteiger partial charge on any atom is 0.330 e. The molecule has 2 unspecified atom stereocenters. The maximum absolute atomic E-state index is 10.6. The number of morpholine rings is 1. The van der Waals surface area contributed by atoms with Crippen molar-refractivity contribution in [2.75, 3.05) is 19.7 Å². The highest BCUT2D eigenvalue weighted by atomic mass is 16.5. The molecule has 0 aromatic rings. The van der Waals surface area contributed by atoms with Crippen LogP contribution in [0.5, 0.6) is 0 Å². The second-order valence-corrected chi connectivity index (χ2v) is 3.99. The molecular formula is C10H15NO3. The summed E-state index contributed by atoms with van der Waals surface area (Å²) in [6.45, 7) is 4.13. The molecule has 0 saturated carbocycles. The summed E-state index contributed by atoms with van der Waals surface area (Å²) in [6, 6.07) is 0.512. The zero-order valence-electron chi connectivity index (χ0n) is 8.27. The fraction of sp³-hybridized carbons (Fsp3) is 0.700. The monoisotopic (exact) mass is 197 g/mol. The van der Waals surface area contributed by atoms with E-state index in [1.807, 2.05) is 0 Å². The van der Waals surface area contributed by atoms with Crippen LogP contribution in [0, 0.1) is 0 Å². The molecule has 0 spiro atoms. The first-order valence-electron chi connectivity index (χ1n) is 4.92. The lowest BCUT2D eigenvalue weighted by atomic mass is 10.2. The van der Waals surface area contributed by atoms with E-state index in [2.05, 4.69) is 4.90 Å². The molecule has 2 aliphatic heterocycles. The Labute approximate surface area is 83.2 Å².